The van der Waals surface area contributed by atoms with E-state index in [0.29, 0.717) is 61.6 Å². The maximum atomic E-state index is 15.3. The molecule has 4 N–H and O–H groups in total. The van der Waals surface area contributed by atoms with Gasteiger partial charge in [0, 0.05) is 82.5 Å². The highest BCUT2D eigenvalue weighted by Gasteiger charge is 2.79. The molecule has 6 bridgehead atoms. The number of esters is 9. The Hall–Kier alpha value is -7.99. The van der Waals surface area contributed by atoms with Crippen LogP contribution in [-0.4, -0.2) is 223 Å². The predicted molar refractivity (Wildman–Crippen MR) is 479 cm³/mol. The van der Waals surface area contributed by atoms with Crippen molar-refractivity contribution in [3.05, 3.63) is 141 Å². The second kappa shape index (κ2) is 37.6. The van der Waals surface area contributed by atoms with Crippen LogP contribution in [0, 0.1) is 73.9 Å². The van der Waals surface area contributed by atoms with Gasteiger partial charge in [-0.25, -0.2) is 14.4 Å². The van der Waals surface area contributed by atoms with Crippen molar-refractivity contribution in [2.75, 3.05) is 31.0 Å². The van der Waals surface area contributed by atoms with Crippen LogP contribution in [0.1, 0.15) is 208 Å². The SMILES string of the molecule is C.CC(=O)O[C@H]1C(=O)[C@@]2(C)[C@H]([C@H](OC(=O)c3ccccc3)C3CC(O)C(C)=C1C3(C)C)[C@]1(OC(C)=O)CO[C@@H]1C[C@@H]2O.CC(=O)O[C@H]1C(=O)[C@]2(C)CC[C@H]3OC[C@@]3(OC(C)=O)[C@H]2[C@H](OC(=O)c2ccccc2)C2CC(O)C(C)=C1C2(C)C.CI.CSC(=S)[C@H]1C[C@H]2OC[C@@]2(OC(C)=O)[C@H]2[C@H](OC(=O)c3ccccc3)C3CC(O)C(C)=C([C@@H](OC(C)=O)C(=O)[C@]12C)C3(C)C. The summed E-state index contributed by atoms with van der Waals surface area (Å²) in [4.78, 5) is 163. The van der Waals surface area contributed by atoms with Gasteiger partial charge >= 0.3 is 53.7 Å². The molecule has 3 saturated heterocycles. The fourth-order valence-electron chi connectivity index (χ4n) is 24.5. The molecule has 9 aliphatic carbocycles. The normalized spacial score (nSPS) is 37.3. The largest absolute Gasteiger partial charge is 0.458 e. The molecule has 3 heterocycles. The number of hydrogen-bond donors (Lipinski definition) is 4. The lowest BCUT2D eigenvalue weighted by atomic mass is 9.44. The lowest BCUT2D eigenvalue weighted by Crippen LogP contribution is -2.79. The first-order valence-corrected chi connectivity index (χ1v) is 47.0. The lowest BCUT2D eigenvalue weighted by Gasteiger charge is -2.66. The number of thiocarbonyl (C=S) groups is 1. The Kier molecular flexibility index (Phi) is 29.5. The van der Waals surface area contributed by atoms with Crippen molar-refractivity contribution in [2.45, 2.75) is 273 Å². The van der Waals surface area contributed by atoms with E-state index in [1.54, 1.807) is 133 Å². The lowest BCUT2D eigenvalue weighted by molar-refractivity contribution is -0.335. The number of aliphatic hydroxyl groups excluding tert-OH is 4. The van der Waals surface area contributed by atoms with E-state index in [9.17, 15) is 73.2 Å². The number of ketones is 3. The molecule has 0 amide bonds. The Balaban J connectivity index is 0.000000184. The molecule has 0 spiro atoms. The number of hydrogen-bond acceptors (Lipinski definition) is 30. The van der Waals surface area contributed by atoms with Gasteiger partial charge in [-0.1, -0.05) is 152 Å². The summed E-state index contributed by atoms with van der Waals surface area (Å²) < 4.78 is 73.1. The van der Waals surface area contributed by atoms with Crippen molar-refractivity contribution in [1.82, 2.24) is 0 Å². The van der Waals surface area contributed by atoms with E-state index in [0.717, 1.165) is 0 Å². The monoisotopic (exact) mass is 1930 g/mol. The minimum atomic E-state index is -1.69. The standard InChI is InChI=1S/C33H40O9S2.C31H38O10.C31H38O9.CH3I.CH4/c1-16-22(36)13-20-25(41-29(38)19-11-9-8-10-12-19)27-32(6,28(37)26(40-17(2)34)24(16)31(20,4)5)21(30(43)44-7)14-23-33(27,15-39-23)42-18(3)35;1-15-20(34)12-19-24(40-28(37)18-10-8-7-9-11-18)26-30(6,21(35)13-22-31(26,14-38-22)41-17(3)33)27(36)25(39-16(2)32)23(15)29(19,4)5;1-16-21(34)14-20-24(39-28(36)19-10-8-7-9-11-19)26-30(6,13-12-22-31(26,15-37-22)40-18(3)33)27(35)25(38-17(2)32)23(16)29(20,4)5;1-2;/h8-12,20-23,25-27,36H,13-15H2,1-7H3;7-11,19-22,24-26,34-35H,12-14H2,1-6H3;7-11,20-22,24-26,34H,12-15H2,1-6H3;1H3;1H4/t20?,21-,22?,23-,25-,26-,27+,32-,33+;19?,20?,21-,22+,24+,25+,26-,30+,31-;20?,21?,22-,24-,25-,26+,30-,31+;;/m101../s1. The van der Waals surface area contributed by atoms with Crippen LogP contribution >= 0.6 is 46.6 Å². The average molecular weight is 1930 g/mol. The van der Waals surface area contributed by atoms with Gasteiger partial charge in [-0.3, -0.25) is 43.2 Å². The van der Waals surface area contributed by atoms with E-state index in [-0.39, 0.29) is 70.7 Å². The van der Waals surface area contributed by atoms with Gasteiger partial charge < -0.3 is 77.3 Å². The van der Waals surface area contributed by atoms with Crippen LogP contribution in [0.4, 0.5) is 0 Å². The van der Waals surface area contributed by atoms with Crippen molar-refractivity contribution in [3.8, 4) is 0 Å². The first-order chi connectivity index (χ1) is 59.5. The first-order valence-electron chi connectivity index (χ1n) is 43.2. The number of carbonyl (C=O) groups is 12. The second-order valence-electron chi connectivity index (χ2n) is 38.4. The summed E-state index contributed by atoms with van der Waals surface area (Å²) >= 11 is 9.37. The van der Waals surface area contributed by atoms with Crippen molar-refractivity contribution in [2.24, 2.45) is 73.9 Å². The Morgan fingerprint density at radius 3 is 1.02 bits per heavy atom. The Bertz CT molecular complexity index is 4960. The zero-order valence-electron chi connectivity index (χ0n) is 75.6. The summed E-state index contributed by atoms with van der Waals surface area (Å²) in [6.07, 6.45) is -9.74. The van der Waals surface area contributed by atoms with Crippen molar-refractivity contribution < 1.29 is 135 Å². The number of aliphatic hydroxyl groups is 4. The molecular weight excluding hydrogens is 1800 g/mol. The number of carbonyl (C=O) groups excluding carboxylic acids is 12. The fourth-order valence-corrected chi connectivity index (χ4v) is 25.4. The molecular formula is C97H123IO28S2. The van der Waals surface area contributed by atoms with Crippen LogP contribution < -0.4 is 0 Å². The number of ether oxygens (including phenoxy) is 12. The van der Waals surface area contributed by atoms with E-state index in [4.69, 9.17) is 69.1 Å². The minimum absolute atomic E-state index is 0. The van der Waals surface area contributed by atoms with Crippen LogP contribution in [0.5, 0.6) is 0 Å². The highest BCUT2D eigenvalue weighted by Crippen LogP contribution is 2.69. The van der Waals surface area contributed by atoms with Crippen LogP contribution in [0.25, 0.3) is 0 Å². The highest BCUT2D eigenvalue weighted by molar-refractivity contribution is 14.1. The van der Waals surface area contributed by atoms with Crippen molar-refractivity contribution in [3.63, 3.8) is 0 Å². The summed E-state index contributed by atoms with van der Waals surface area (Å²) in [6.45, 7) is 29.2. The minimum Gasteiger partial charge on any atom is -0.458 e. The van der Waals surface area contributed by atoms with E-state index in [1.807, 2.05) is 52.7 Å². The third-order valence-electron chi connectivity index (χ3n) is 30.4. The molecule has 3 aromatic carbocycles. The highest BCUT2D eigenvalue weighted by atomic mass is 127. The van der Waals surface area contributed by atoms with Crippen molar-refractivity contribution in [1.29, 1.82) is 0 Å². The van der Waals surface area contributed by atoms with Crippen LogP contribution in [0.2, 0.25) is 0 Å². The molecule has 3 aromatic rings. The third kappa shape index (κ3) is 16.9. The Morgan fingerprint density at radius 1 is 0.414 bits per heavy atom. The molecule has 15 rings (SSSR count). The summed E-state index contributed by atoms with van der Waals surface area (Å²) in [5.41, 5.74) is -6.98. The van der Waals surface area contributed by atoms with E-state index in [1.165, 1.54) is 53.3 Å². The third-order valence-corrected chi connectivity index (χ3v) is 31.9. The van der Waals surface area contributed by atoms with Gasteiger partial charge in [0.05, 0.1) is 88.3 Å². The molecule has 12 aliphatic rings. The number of alkyl halides is 1. The van der Waals surface area contributed by atoms with Gasteiger partial charge in [-0.2, -0.15) is 0 Å². The first kappa shape index (κ1) is 101. The van der Waals surface area contributed by atoms with Crippen LogP contribution in [-0.2, 0) is 100.0 Å². The number of fused-ring (bicyclic) bond motifs is 15. The fraction of sp³-hybridized carbons (Fsp3) is 0.619. The molecule has 6 saturated carbocycles. The molecule has 128 heavy (non-hydrogen) atoms. The van der Waals surface area contributed by atoms with E-state index >= 15 is 4.79 Å². The van der Waals surface area contributed by atoms with Gasteiger partial charge in [-0.15, -0.1) is 11.8 Å². The van der Waals surface area contributed by atoms with E-state index < -0.39 is 235 Å². The van der Waals surface area contributed by atoms with Gasteiger partial charge in [0.1, 0.15) is 36.6 Å². The van der Waals surface area contributed by atoms with E-state index in [2.05, 4.69) is 22.6 Å². The average Bonchev–Trinajstić information content (AvgIpc) is 0.679. The molecule has 0 radical (unpaired) electrons. The zero-order valence-corrected chi connectivity index (χ0v) is 79.4. The molecule has 26 atom stereocenters. The number of halogens is 1. The summed E-state index contributed by atoms with van der Waals surface area (Å²) in [6, 6.07) is 25.5. The number of rotatable bonds is 13. The zero-order chi connectivity index (χ0) is 93.6. The molecule has 9 fully saturated rings. The molecule has 31 heteroatoms. The maximum Gasteiger partial charge on any atom is 0.338 e. The second-order valence-corrected chi connectivity index (χ2v) is 39.9. The van der Waals surface area contributed by atoms with Crippen LogP contribution in [0.15, 0.2) is 124 Å². The maximum absolute atomic E-state index is 15.3. The number of thioether (sulfide) groups is 1. The van der Waals surface area contributed by atoms with Gasteiger partial charge in [0.15, 0.2) is 52.5 Å². The topological polar surface area (TPSA) is 397 Å². The number of benzene rings is 3. The predicted octanol–water partition coefficient (Wildman–Crippen LogP) is 12.3. The van der Waals surface area contributed by atoms with Gasteiger partial charge in [-0.05, 0) is 163 Å². The van der Waals surface area contributed by atoms with Gasteiger partial charge in [0.2, 0.25) is 0 Å². The Morgan fingerprint density at radius 2 is 0.711 bits per heavy atom. The van der Waals surface area contributed by atoms with Crippen LogP contribution in [0.3, 0.4) is 0 Å². The molecule has 698 valence electrons. The van der Waals surface area contributed by atoms with Crippen molar-refractivity contribution >= 4 is 122 Å². The number of Topliss-reactive ketones (excluding diaryl/α,β-unsaturated/α-hetero) is 3. The smallest absolute Gasteiger partial charge is 0.338 e. The Labute approximate surface area is 770 Å². The molecule has 0 aromatic heterocycles. The molecule has 28 nitrogen and oxygen atoms in total. The summed E-state index contributed by atoms with van der Waals surface area (Å²) in [5.74, 6) is -12.1. The summed E-state index contributed by atoms with van der Waals surface area (Å²) in [5, 5.41) is 45.7. The quantitative estimate of drug-likeness (QED) is 0.0308. The molecule has 3 aliphatic heterocycles. The molecule has 6 unspecified atom stereocenters. The van der Waals surface area contributed by atoms with Gasteiger partial charge in [0.25, 0.3) is 0 Å². The summed E-state index contributed by atoms with van der Waals surface area (Å²) in [7, 11) is 0.